The van der Waals surface area contributed by atoms with E-state index in [1.807, 2.05) is 0 Å². The molecule has 0 spiro atoms. The summed E-state index contributed by atoms with van der Waals surface area (Å²) in [6.07, 6.45) is 0.171. The highest BCUT2D eigenvalue weighted by Gasteiger charge is 2.33. The molecular formula is C13H15ClFNO3. The lowest BCUT2D eigenvalue weighted by Gasteiger charge is -2.13. The van der Waals surface area contributed by atoms with Crippen LogP contribution in [0.2, 0.25) is 5.02 Å². The Balaban J connectivity index is 2.06. The molecule has 1 saturated carbocycles. The van der Waals surface area contributed by atoms with E-state index < -0.39 is 17.8 Å². The van der Waals surface area contributed by atoms with E-state index in [4.69, 9.17) is 16.7 Å². The number of hydrogen-bond donors (Lipinski definition) is 3. The predicted octanol–water partition coefficient (Wildman–Crippen LogP) is 1.34. The van der Waals surface area contributed by atoms with E-state index in [0.717, 1.165) is 0 Å². The topological polar surface area (TPSA) is 69.6 Å². The van der Waals surface area contributed by atoms with Gasteiger partial charge in [0.1, 0.15) is 5.82 Å². The minimum absolute atomic E-state index is 0.0507. The Morgan fingerprint density at radius 3 is 2.79 bits per heavy atom. The highest BCUT2D eigenvalue weighted by molar-refractivity contribution is 6.33. The van der Waals surface area contributed by atoms with Crippen LogP contribution in [0.5, 0.6) is 0 Å². The SMILES string of the molecule is O=C(N[C@H]1C[C@H](CO)[C@H](O)C1)c1c(F)cccc1Cl. The van der Waals surface area contributed by atoms with Crippen molar-refractivity contribution in [2.45, 2.75) is 25.0 Å². The van der Waals surface area contributed by atoms with Gasteiger partial charge in [-0.1, -0.05) is 17.7 Å². The zero-order chi connectivity index (χ0) is 14.0. The molecule has 1 aliphatic carbocycles. The molecule has 0 bridgehead atoms. The van der Waals surface area contributed by atoms with Crippen LogP contribution in [0.25, 0.3) is 0 Å². The fourth-order valence-corrected chi connectivity index (χ4v) is 2.64. The molecule has 0 aliphatic heterocycles. The van der Waals surface area contributed by atoms with Crippen LogP contribution >= 0.6 is 11.6 Å². The number of halogens is 2. The predicted molar refractivity (Wildman–Crippen MR) is 68.5 cm³/mol. The van der Waals surface area contributed by atoms with Gasteiger partial charge >= 0.3 is 0 Å². The third kappa shape index (κ3) is 3.05. The van der Waals surface area contributed by atoms with E-state index in [2.05, 4.69) is 5.32 Å². The molecule has 0 heterocycles. The molecule has 1 aromatic rings. The zero-order valence-corrected chi connectivity index (χ0v) is 10.9. The quantitative estimate of drug-likeness (QED) is 0.786. The summed E-state index contributed by atoms with van der Waals surface area (Å²) in [4.78, 5) is 12.0. The third-order valence-electron chi connectivity index (χ3n) is 3.42. The van der Waals surface area contributed by atoms with Gasteiger partial charge in [-0.05, 0) is 25.0 Å². The molecular weight excluding hydrogens is 273 g/mol. The number of amides is 1. The number of benzene rings is 1. The first-order chi connectivity index (χ1) is 9.02. The molecule has 0 saturated heterocycles. The number of hydrogen-bond acceptors (Lipinski definition) is 3. The maximum Gasteiger partial charge on any atom is 0.255 e. The van der Waals surface area contributed by atoms with Crippen LogP contribution < -0.4 is 5.32 Å². The van der Waals surface area contributed by atoms with Crippen molar-refractivity contribution in [1.29, 1.82) is 0 Å². The molecule has 1 amide bonds. The van der Waals surface area contributed by atoms with Crippen molar-refractivity contribution in [2.24, 2.45) is 5.92 Å². The number of rotatable bonds is 3. The van der Waals surface area contributed by atoms with Crippen LogP contribution in [0.3, 0.4) is 0 Å². The average Bonchev–Trinajstić information content (AvgIpc) is 2.69. The van der Waals surface area contributed by atoms with Crippen LogP contribution in [0.4, 0.5) is 4.39 Å². The maximum absolute atomic E-state index is 13.6. The van der Waals surface area contributed by atoms with Crippen LogP contribution in [0, 0.1) is 11.7 Å². The summed E-state index contributed by atoms with van der Waals surface area (Å²) in [5.41, 5.74) is -0.189. The first kappa shape index (κ1) is 14.2. The summed E-state index contributed by atoms with van der Waals surface area (Å²) in [6, 6.07) is 3.76. The molecule has 0 unspecified atom stereocenters. The summed E-state index contributed by atoms with van der Waals surface area (Å²) in [7, 11) is 0. The van der Waals surface area contributed by atoms with Crippen LogP contribution in [-0.2, 0) is 0 Å². The minimum Gasteiger partial charge on any atom is -0.396 e. The van der Waals surface area contributed by atoms with Gasteiger partial charge in [0.2, 0.25) is 0 Å². The lowest BCUT2D eigenvalue weighted by atomic mass is 10.1. The average molecular weight is 288 g/mol. The number of aliphatic hydroxyl groups is 2. The molecule has 0 radical (unpaired) electrons. The van der Waals surface area contributed by atoms with Gasteiger partial charge in [0, 0.05) is 18.6 Å². The second-order valence-electron chi connectivity index (χ2n) is 4.75. The number of carbonyl (C=O) groups excluding carboxylic acids is 1. The van der Waals surface area contributed by atoms with Crippen LogP contribution in [-0.4, -0.2) is 34.9 Å². The molecule has 6 heteroatoms. The van der Waals surface area contributed by atoms with Crippen molar-refractivity contribution in [1.82, 2.24) is 5.32 Å². The summed E-state index contributed by atoms with van der Waals surface area (Å²) in [5, 5.41) is 21.4. The van der Waals surface area contributed by atoms with Gasteiger partial charge in [0.15, 0.2) is 0 Å². The molecule has 104 valence electrons. The third-order valence-corrected chi connectivity index (χ3v) is 3.73. The monoisotopic (exact) mass is 287 g/mol. The minimum atomic E-state index is -0.678. The summed E-state index contributed by atoms with van der Waals surface area (Å²) < 4.78 is 13.6. The Bertz CT molecular complexity index is 463. The molecule has 2 rings (SSSR count). The first-order valence-corrected chi connectivity index (χ1v) is 6.44. The van der Waals surface area contributed by atoms with Crippen molar-refractivity contribution >= 4 is 17.5 Å². The second kappa shape index (κ2) is 5.86. The smallest absolute Gasteiger partial charge is 0.255 e. The first-order valence-electron chi connectivity index (χ1n) is 6.06. The van der Waals surface area contributed by atoms with E-state index in [0.29, 0.717) is 12.8 Å². The zero-order valence-electron chi connectivity index (χ0n) is 10.1. The molecule has 1 fully saturated rings. The highest BCUT2D eigenvalue weighted by atomic mass is 35.5. The fraction of sp³-hybridized carbons (Fsp3) is 0.462. The van der Waals surface area contributed by atoms with E-state index >= 15 is 0 Å². The van der Waals surface area contributed by atoms with E-state index in [1.165, 1.54) is 18.2 Å². The molecule has 0 aromatic heterocycles. The standard InChI is InChI=1S/C13H15ClFNO3/c14-9-2-1-3-10(15)12(9)13(19)16-8-4-7(6-17)11(18)5-8/h1-3,7-8,11,17-18H,4-6H2,(H,16,19)/t7-,8+,11-/m1/s1. The van der Waals surface area contributed by atoms with Gasteiger partial charge in [-0.25, -0.2) is 4.39 Å². The molecule has 4 nitrogen and oxygen atoms in total. The van der Waals surface area contributed by atoms with Crippen molar-refractivity contribution in [2.75, 3.05) is 6.61 Å². The Hall–Kier alpha value is -1.17. The summed E-state index contributed by atoms with van der Waals surface area (Å²) >= 11 is 5.80. The Labute approximate surface area is 115 Å². The highest BCUT2D eigenvalue weighted by Crippen LogP contribution is 2.26. The number of carbonyl (C=O) groups is 1. The summed E-state index contributed by atoms with van der Waals surface area (Å²) in [6.45, 7) is -0.131. The van der Waals surface area contributed by atoms with E-state index in [9.17, 15) is 14.3 Å². The number of nitrogens with one attached hydrogen (secondary N) is 1. The Morgan fingerprint density at radius 1 is 1.47 bits per heavy atom. The van der Waals surface area contributed by atoms with Crippen LogP contribution in [0.15, 0.2) is 18.2 Å². The van der Waals surface area contributed by atoms with Gasteiger partial charge in [0.05, 0.1) is 16.7 Å². The van der Waals surface area contributed by atoms with E-state index in [1.54, 1.807) is 0 Å². The van der Waals surface area contributed by atoms with E-state index in [-0.39, 0.29) is 29.2 Å². The van der Waals surface area contributed by atoms with Crippen molar-refractivity contribution in [3.63, 3.8) is 0 Å². The maximum atomic E-state index is 13.6. The normalized spacial score (nSPS) is 26.4. The van der Waals surface area contributed by atoms with Crippen molar-refractivity contribution in [3.05, 3.63) is 34.6 Å². The van der Waals surface area contributed by atoms with Gasteiger partial charge in [-0.2, -0.15) is 0 Å². The lowest BCUT2D eigenvalue weighted by molar-refractivity contribution is 0.0903. The van der Waals surface area contributed by atoms with Crippen LogP contribution in [0.1, 0.15) is 23.2 Å². The molecule has 3 atom stereocenters. The summed E-state index contributed by atoms with van der Waals surface area (Å²) in [5.74, 6) is -1.53. The fourth-order valence-electron chi connectivity index (χ4n) is 2.39. The van der Waals surface area contributed by atoms with Gasteiger partial charge < -0.3 is 15.5 Å². The molecule has 19 heavy (non-hydrogen) atoms. The van der Waals surface area contributed by atoms with Crippen molar-refractivity contribution < 1.29 is 19.4 Å². The molecule has 1 aromatic carbocycles. The lowest BCUT2D eigenvalue weighted by Crippen LogP contribution is -2.34. The van der Waals surface area contributed by atoms with Gasteiger partial charge in [-0.15, -0.1) is 0 Å². The van der Waals surface area contributed by atoms with Gasteiger partial charge in [0.25, 0.3) is 5.91 Å². The van der Waals surface area contributed by atoms with Gasteiger partial charge in [-0.3, -0.25) is 4.79 Å². The molecule has 1 aliphatic rings. The second-order valence-corrected chi connectivity index (χ2v) is 5.16. The Kier molecular flexibility index (Phi) is 4.39. The number of aliphatic hydroxyl groups excluding tert-OH is 2. The largest absolute Gasteiger partial charge is 0.396 e. The molecule has 3 N–H and O–H groups in total. The Morgan fingerprint density at radius 2 is 2.21 bits per heavy atom. The van der Waals surface area contributed by atoms with Crippen molar-refractivity contribution in [3.8, 4) is 0 Å².